The number of nitrogens with one attached hydrogen (secondary N) is 1. The quantitative estimate of drug-likeness (QED) is 0.109. The number of benzene rings is 4. The standard InChI is InChI=1S/C42H44N2O11/c45-34(54-42-37(48)35(46)36(47)38(55-42)41(51)53-26-29-16-8-3-9-17-29)24-44-33-19-11-10-18-30(33)21-23-31(39(44)49)43-32(22-20-27-12-4-1-5-13-27)40(50)52-25-28-14-6-2-7-15-28/h1-19,31-32,35-38,42-43,46-48H,20-26H2/t31-,32+,35-,36-,37+,38+,42+/m0/s1. The molecule has 4 aromatic carbocycles. The van der Waals surface area contributed by atoms with Gasteiger partial charge in [-0.3, -0.25) is 24.6 Å². The van der Waals surface area contributed by atoms with Crippen LogP contribution in [0.4, 0.5) is 5.69 Å². The minimum atomic E-state index is -1.93. The lowest BCUT2D eigenvalue weighted by atomic mass is 9.99. The van der Waals surface area contributed by atoms with E-state index >= 15 is 0 Å². The van der Waals surface area contributed by atoms with Gasteiger partial charge in [0.05, 0.1) is 6.04 Å². The molecule has 0 unspecified atom stereocenters. The lowest BCUT2D eigenvalue weighted by molar-refractivity contribution is -0.287. The van der Waals surface area contributed by atoms with Crippen molar-refractivity contribution < 1.29 is 53.4 Å². The summed E-state index contributed by atoms with van der Waals surface area (Å²) in [4.78, 5) is 55.5. The number of aliphatic hydroxyl groups excluding tert-OH is 3. The third kappa shape index (κ3) is 10.2. The number of rotatable bonds is 14. The van der Waals surface area contributed by atoms with Crippen LogP contribution in [0.2, 0.25) is 0 Å². The summed E-state index contributed by atoms with van der Waals surface area (Å²) in [5, 5.41) is 35.0. The molecule has 0 aliphatic carbocycles. The van der Waals surface area contributed by atoms with Crippen LogP contribution in [0, 0.1) is 0 Å². The van der Waals surface area contributed by atoms with Crippen molar-refractivity contribution in [2.24, 2.45) is 0 Å². The van der Waals surface area contributed by atoms with Crippen LogP contribution in [-0.2, 0) is 64.2 Å². The largest absolute Gasteiger partial charge is 0.460 e. The molecule has 288 valence electrons. The molecule has 4 N–H and O–H groups in total. The van der Waals surface area contributed by atoms with Gasteiger partial charge in [0, 0.05) is 5.69 Å². The van der Waals surface area contributed by atoms with Crippen molar-refractivity contribution in [2.75, 3.05) is 11.4 Å². The summed E-state index contributed by atoms with van der Waals surface area (Å²) in [5.41, 5.74) is 3.70. The molecule has 0 bridgehead atoms. The molecule has 1 amide bonds. The number of aryl methyl sites for hydroxylation is 2. The Bertz CT molecular complexity index is 1900. The van der Waals surface area contributed by atoms with Crippen LogP contribution < -0.4 is 10.2 Å². The maximum absolute atomic E-state index is 14.3. The topological polar surface area (TPSA) is 181 Å². The fourth-order valence-electron chi connectivity index (χ4n) is 6.58. The molecule has 4 aromatic rings. The number of esters is 3. The Kier molecular flexibility index (Phi) is 13.4. The van der Waals surface area contributed by atoms with Crippen LogP contribution in [-0.4, -0.2) is 88.5 Å². The van der Waals surface area contributed by atoms with E-state index in [1.807, 2.05) is 72.8 Å². The number of anilines is 1. The minimum absolute atomic E-state index is 0.0532. The second-order valence-electron chi connectivity index (χ2n) is 13.5. The van der Waals surface area contributed by atoms with Crippen LogP contribution in [0.5, 0.6) is 0 Å². The zero-order valence-corrected chi connectivity index (χ0v) is 30.0. The Morgan fingerprint density at radius 2 is 1.33 bits per heavy atom. The van der Waals surface area contributed by atoms with E-state index in [-0.39, 0.29) is 13.2 Å². The van der Waals surface area contributed by atoms with E-state index in [2.05, 4.69) is 5.32 Å². The first-order valence-electron chi connectivity index (χ1n) is 18.2. The smallest absolute Gasteiger partial charge is 0.338 e. The van der Waals surface area contributed by atoms with Crippen molar-refractivity contribution in [1.82, 2.24) is 5.32 Å². The summed E-state index contributed by atoms with van der Waals surface area (Å²) < 4.78 is 21.9. The van der Waals surface area contributed by atoms with Gasteiger partial charge in [-0.2, -0.15) is 0 Å². The van der Waals surface area contributed by atoms with Crippen LogP contribution in [0.15, 0.2) is 115 Å². The Hall–Kier alpha value is -5.44. The molecule has 0 saturated carbocycles. The SMILES string of the molecule is O=C(CN1C(=O)[C@@H](N[C@H](CCc2ccccc2)C(=O)OCc2ccccc2)CCc2ccccc21)O[C@@H]1O[C@@H](C(=O)OCc2ccccc2)[C@@H](O)[C@H](O)[C@H]1O. The summed E-state index contributed by atoms with van der Waals surface area (Å²) in [6, 6.07) is 32.9. The molecule has 6 rings (SSSR count). The van der Waals surface area contributed by atoms with Gasteiger partial charge in [0.25, 0.3) is 0 Å². The van der Waals surface area contributed by atoms with Crippen LogP contribution in [0.3, 0.4) is 0 Å². The van der Waals surface area contributed by atoms with E-state index in [1.165, 1.54) is 4.90 Å². The number of fused-ring (bicyclic) bond motifs is 1. The van der Waals surface area contributed by atoms with Gasteiger partial charge in [0.2, 0.25) is 12.2 Å². The zero-order valence-electron chi connectivity index (χ0n) is 30.0. The van der Waals surface area contributed by atoms with E-state index in [1.54, 1.807) is 42.5 Å². The molecule has 0 aromatic heterocycles. The minimum Gasteiger partial charge on any atom is -0.460 e. The van der Waals surface area contributed by atoms with Crippen LogP contribution in [0.25, 0.3) is 0 Å². The maximum atomic E-state index is 14.3. The molecule has 2 aliphatic rings. The highest BCUT2D eigenvalue weighted by Gasteiger charge is 2.49. The summed E-state index contributed by atoms with van der Waals surface area (Å²) in [6.45, 7) is -0.744. The van der Waals surface area contributed by atoms with Crippen molar-refractivity contribution in [3.63, 3.8) is 0 Å². The highest BCUT2D eigenvalue weighted by atomic mass is 16.7. The van der Waals surface area contributed by atoms with Crippen molar-refractivity contribution in [2.45, 2.75) is 81.7 Å². The maximum Gasteiger partial charge on any atom is 0.338 e. The summed E-state index contributed by atoms with van der Waals surface area (Å²) >= 11 is 0. The number of ether oxygens (including phenoxy) is 4. The molecule has 1 saturated heterocycles. The molecule has 2 aliphatic heterocycles. The van der Waals surface area contributed by atoms with Gasteiger partial charge in [-0.15, -0.1) is 0 Å². The Balaban J connectivity index is 1.15. The van der Waals surface area contributed by atoms with E-state index in [9.17, 15) is 34.5 Å². The molecule has 7 atom stereocenters. The van der Waals surface area contributed by atoms with Gasteiger partial charge in [0.1, 0.15) is 44.1 Å². The predicted molar refractivity (Wildman–Crippen MR) is 198 cm³/mol. The highest BCUT2D eigenvalue weighted by molar-refractivity contribution is 6.02. The van der Waals surface area contributed by atoms with Crippen LogP contribution >= 0.6 is 0 Å². The molecule has 2 heterocycles. The monoisotopic (exact) mass is 752 g/mol. The number of hydrogen-bond donors (Lipinski definition) is 4. The second kappa shape index (κ2) is 18.7. The fourth-order valence-corrected chi connectivity index (χ4v) is 6.58. The van der Waals surface area contributed by atoms with Crippen molar-refractivity contribution >= 4 is 29.5 Å². The van der Waals surface area contributed by atoms with Gasteiger partial charge in [-0.1, -0.05) is 109 Å². The van der Waals surface area contributed by atoms with Gasteiger partial charge < -0.3 is 34.3 Å². The molecule has 0 radical (unpaired) electrons. The molecule has 13 heteroatoms. The van der Waals surface area contributed by atoms with Gasteiger partial charge in [-0.25, -0.2) is 4.79 Å². The molecular formula is C42H44N2O11. The first-order valence-corrected chi connectivity index (χ1v) is 18.2. The van der Waals surface area contributed by atoms with Crippen molar-refractivity contribution in [1.29, 1.82) is 0 Å². The number of aliphatic hydroxyl groups is 3. The average Bonchev–Trinajstić information content (AvgIpc) is 3.34. The van der Waals surface area contributed by atoms with E-state index < -0.39 is 73.1 Å². The third-order valence-corrected chi connectivity index (χ3v) is 9.58. The molecule has 1 fully saturated rings. The normalized spacial score (nSPS) is 22.8. The number of carbonyl (C=O) groups excluding carboxylic acids is 4. The Morgan fingerprint density at radius 1 is 0.745 bits per heavy atom. The third-order valence-electron chi connectivity index (χ3n) is 9.58. The van der Waals surface area contributed by atoms with Crippen molar-refractivity contribution in [3.05, 3.63) is 138 Å². The Labute approximate surface area is 318 Å². The summed E-state index contributed by atoms with van der Waals surface area (Å²) in [6.07, 6.45) is -7.80. The number of nitrogens with zero attached hydrogens (tertiary/aromatic N) is 1. The molecule has 55 heavy (non-hydrogen) atoms. The summed E-state index contributed by atoms with van der Waals surface area (Å²) in [5.74, 6) is -3.11. The summed E-state index contributed by atoms with van der Waals surface area (Å²) in [7, 11) is 0. The van der Waals surface area contributed by atoms with Gasteiger partial charge in [-0.05, 0) is 54.0 Å². The Morgan fingerprint density at radius 3 is 1.98 bits per heavy atom. The first kappa shape index (κ1) is 39.3. The molecular weight excluding hydrogens is 708 g/mol. The van der Waals surface area contributed by atoms with Gasteiger partial charge in [0.15, 0.2) is 6.10 Å². The first-order chi connectivity index (χ1) is 26.7. The van der Waals surface area contributed by atoms with Crippen LogP contribution in [0.1, 0.15) is 35.1 Å². The van der Waals surface area contributed by atoms with E-state index in [0.29, 0.717) is 36.9 Å². The number of para-hydroxylation sites is 1. The van der Waals surface area contributed by atoms with Gasteiger partial charge >= 0.3 is 17.9 Å². The zero-order chi connectivity index (χ0) is 38.7. The van der Waals surface area contributed by atoms with E-state index in [0.717, 1.165) is 16.7 Å². The average molecular weight is 753 g/mol. The number of hydrogen-bond acceptors (Lipinski definition) is 12. The fraction of sp³-hybridized carbons (Fsp3) is 0.333. The van der Waals surface area contributed by atoms with E-state index in [4.69, 9.17) is 18.9 Å². The predicted octanol–water partition coefficient (Wildman–Crippen LogP) is 2.76. The van der Waals surface area contributed by atoms with Crippen molar-refractivity contribution in [3.8, 4) is 0 Å². The number of amides is 1. The molecule has 0 spiro atoms. The number of carbonyl (C=O) groups is 4. The lowest BCUT2D eigenvalue weighted by Crippen LogP contribution is -2.61. The second-order valence-corrected chi connectivity index (χ2v) is 13.5. The highest BCUT2D eigenvalue weighted by Crippen LogP contribution is 2.29. The lowest BCUT2D eigenvalue weighted by Gasteiger charge is -2.38. The molecule has 13 nitrogen and oxygen atoms in total.